The summed E-state index contributed by atoms with van der Waals surface area (Å²) in [6, 6.07) is 31.6. The molecule has 2 aliphatic heterocycles. The van der Waals surface area contributed by atoms with E-state index in [1.807, 2.05) is 12.1 Å². The van der Waals surface area contributed by atoms with Crippen LogP contribution in [0.25, 0.3) is 0 Å². The molecule has 103 heavy (non-hydrogen) atoms. The van der Waals surface area contributed by atoms with Crippen LogP contribution in [0.15, 0.2) is 145 Å². The first-order chi connectivity index (χ1) is 48.9. The van der Waals surface area contributed by atoms with Gasteiger partial charge in [0.1, 0.15) is 53.7 Å². The molecule has 0 unspecified atom stereocenters. The smallest absolute Gasteiger partial charge is 0.250 e. The third-order valence-corrected chi connectivity index (χ3v) is 25.7. The number of benzene rings is 5. The zero-order chi connectivity index (χ0) is 74.6. The Labute approximate surface area is 613 Å². The third-order valence-electron chi connectivity index (χ3n) is 16.5. The molecule has 2 aliphatic rings. The van der Waals surface area contributed by atoms with Gasteiger partial charge >= 0.3 is 0 Å². The van der Waals surface area contributed by atoms with Gasteiger partial charge in [0.05, 0.1) is 95.1 Å². The van der Waals surface area contributed by atoms with E-state index in [9.17, 15) is 31.7 Å². The molecular formula is C69H81Cl3N17O10P3S. The minimum absolute atomic E-state index is 0.0137. The number of sulfone groups is 1. The first-order valence-electron chi connectivity index (χ1n) is 32.2. The van der Waals surface area contributed by atoms with Crippen molar-refractivity contribution in [3.8, 4) is 17.2 Å². The number of ether oxygens (including phenoxy) is 3. The Kier molecular flexibility index (Phi) is 25.8. The van der Waals surface area contributed by atoms with Crippen LogP contribution in [0.4, 0.5) is 75.1 Å². The molecule has 0 bridgehead atoms. The van der Waals surface area contributed by atoms with Gasteiger partial charge in [0.2, 0.25) is 23.8 Å². The SMILES string of the molecule is COc1cc(N2CCN(C)CC2)ccc1Nc1ncc(Cl)c(Nc2ccncc2P(C)(C)=O)n1.COc1cc(P(C)(C)=O)ccc1Nc1ncc(Cl)c(Nc2ccccc2C(N)=O)n1.COc1cc(P2(=O)CCN(C(C)=O)CC2)ccc1Nc1ncc(Cl)c(Nc2ccccc2S(=O)(=O)C(C)C)n1. The molecular weight excluding hydrogens is 1460 g/mol. The Morgan fingerprint density at radius 2 is 1.05 bits per heavy atom. The molecule has 0 atom stereocenters. The van der Waals surface area contributed by atoms with Crippen molar-refractivity contribution in [3.05, 3.63) is 161 Å². The molecule has 4 aromatic heterocycles. The Morgan fingerprint density at radius 1 is 0.573 bits per heavy atom. The lowest BCUT2D eigenvalue weighted by molar-refractivity contribution is -0.128. The molecule has 11 rings (SSSR count). The number of piperazine rings is 1. The molecule has 0 saturated carbocycles. The average Bonchev–Trinajstić information content (AvgIpc) is 0.807. The monoisotopic (exact) mass is 1540 g/mol. The van der Waals surface area contributed by atoms with Crippen LogP contribution in [0.3, 0.4) is 0 Å². The zero-order valence-corrected chi connectivity index (χ0v) is 64.3. The highest BCUT2D eigenvalue weighted by atomic mass is 35.5. The quantitative estimate of drug-likeness (QED) is 0.0310. The van der Waals surface area contributed by atoms with Crippen LogP contribution < -0.4 is 72.7 Å². The Bertz CT molecular complexity index is 4850. The first kappa shape index (κ1) is 78.0. The van der Waals surface area contributed by atoms with Crippen molar-refractivity contribution < 1.29 is 45.9 Å². The molecule has 0 aliphatic carbocycles. The Morgan fingerprint density at radius 3 is 1.55 bits per heavy atom. The van der Waals surface area contributed by atoms with Gasteiger partial charge in [-0.25, -0.2) is 23.4 Å². The van der Waals surface area contributed by atoms with Gasteiger partial charge in [0.25, 0.3) is 5.91 Å². The minimum Gasteiger partial charge on any atom is -0.495 e. The number of anilines is 13. The topological polar surface area (TPSA) is 345 Å². The summed E-state index contributed by atoms with van der Waals surface area (Å²) in [6.45, 7) is 16.5. The second-order valence-electron chi connectivity index (χ2n) is 24.8. The number of likely N-dealkylation sites (N-methyl/N-ethyl adjacent to an activating group) is 1. The van der Waals surface area contributed by atoms with Gasteiger partial charge in [0.15, 0.2) is 27.3 Å². The lowest BCUT2D eigenvalue weighted by Gasteiger charge is -2.34. The van der Waals surface area contributed by atoms with E-state index in [1.54, 1.807) is 150 Å². The number of amides is 2. The summed E-state index contributed by atoms with van der Waals surface area (Å²) in [5.41, 5.74) is 10.2. The third kappa shape index (κ3) is 20.0. The van der Waals surface area contributed by atoms with Crippen molar-refractivity contribution in [1.82, 2.24) is 44.7 Å². The van der Waals surface area contributed by atoms with E-state index in [4.69, 9.17) is 54.7 Å². The number of para-hydroxylation sites is 2. The fourth-order valence-electron chi connectivity index (χ4n) is 10.6. The molecule has 6 heterocycles. The summed E-state index contributed by atoms with van der Waals surface area (Å²) < 4.78 is 80.9. The molecule has 2 amide bonds. The van der Waals surface area contributed by atoms with Crippen LogP contribution in [0.2, 0.25) is 15.1 Å². The van der Waals surface area contributed by atoms with E-state index in [-0.39, 0.29) is 38.6 Å². The Hall–Kier alpha value is -9.10. The Balaban J connectivity index is 0.000000181. The van der Waals surface area contributed by atoms with Gasteiger partial charge in [-0.1, -0.05) is 59.1 Å². The van der Waals surface area contributed by atoms with Gasteiger partial charge in [-0.2, -0.15) is 15.0 Å². The second kappa shape index (κ2) is 34.0. The highest BCUT2D eigenvalue weighted by molar-refractivity contribution is 7.92. The standard InChI is InChI=1S/C26H31ClN5O5PS.C23H29ClN7O2P.C20H21ClN5O3P/c1-17(2)39(35,36)24-8-6-5-7-22(24)29-25-20(27)16-28-26(31-25)30-21-10-9-19(15-23(21)37-4)38(34)13-11-32(12-14-38)18(3)33;1-30-9-11-31(12-10-30)16-5-6-18(20(13-16)33-2)28-23-26-14-17(24)22(29-23)27-19-7-8-25-15-21(19)34(3,4)32;1-29-17-10-12(30(2,3)28)8-9-16(17)25-20-23-11-14(21)19(26-20)24-15-7-5-4-6-13(15)18(22)27/h5-10,15-17H,11-14H2,1-4H3,(H2,28,29,30,31);5-8,13-15H,9-12H2,1-4H3,(H2,25,26,27,28,29);4-11H,1-3H3,(H2,22,27)(H2,23,24,25,26). The summed E-state index contributed by atoms with van der Waals surface area (Å²) in [5.74, 6) is 2.77. The maximum absolute atomic E-state index is 13.6. The molecule has 5 aromatic carbocycles. The van der Waals surface area contributed by atoms with Gasteiger partial charge in [-0.05, 0) is 126 Å². The summed E-state index contributed by atoms with van der Waals surface area (Å²) in [4.78, 5) is 60.0. The van der Waals surface area contributed by atoms with Crippen molar-refractivity contribution in [2.75, 3.05) is 143 Å². The van der Waals surface area contributed by atoms with E-state index in [1.165, 1.54) is 45.8 Å². The van der Waals surface area contributed by atoms with Crippen LogP contribution in [0, 0.1) is 0 Å². The van der Waals surface area contributed by atoms with E-state index >= 15 is 0 Å². The van der Waals surface area contributed by atoms with Gasteiger partial charge in [-0.3, -0.25) is 14.6 Å². The predicted octanol–water partition coefficient (Wildman–Crippen LogP) is 12.7. The van der Waals surface area contributed by atoms with Crippen molar-refractivity contribution in [2.45, 2.75) is 30.9 Å². The van der Waals surface area contributed by atoms with Gasteiger partial charge < -0.3 is 80.2 Å². The number of rotatable bonds is 22. The van der Waals surface area contributed by atoms with Crippen molar-refractivity contribution in [3.63, 3.8) is 0 Å². The van der Waals surface area contributed by atoms with Crippen LogP contribution in [-0.4, -0.2) is 177 Å². The van der Waals surface area contributed by atoms with Crippen molar-refractivity contribution >= 4 is 169 Å². The van der Waals surface area contributed by atoms with Gasteiger partial charge in [0, 0.05) is 93.3 Å². The number of halogens is 3. The zero-order valence-electron chi connectivity index (χ0n) is 58.5. The van der Waals surface area contributed by atoms with E-state index in [0.29, 0.717) is 115 Å². The number of carbonyl (C=O) groups is 2. The number of methoxy groups -OCH3 is 3. The van der Waals surface area contributed by atoms with E-state index in [0.717, 1.165) is 37.6 Å². The molecule has 0 radical (unpaired) electrons. The largest absolute Gasteiger partial charge is 0.495 e. The maximum atomic E-state index is 13.6. The number of aromatic nitrogens is 7. The second-order valence-corrected chi connectivity index (χ2v) is 38.1. The van der Waals surface area contributed by atoms with E-state index in [2.05, 4.69) is 89.7 Å². The number of pyridine rings is 1. The number of hydrogen-bond donors (Lipinski definition) is 7. The molecule has 9 aromatic rings. The van der Waals surface area contributed by atoms with Crippen molar-refractivity contribution in [2.24, 2.45) is 5.73 Å². The number of nitrogens with one attached hydrogen (secondary N) is 6. The molecule has 0 spiro atoms. The molecule has 2 fully saturated rings. The normalized spacial score (nSPS) is 13.8. The fraction of sp³-hybridized carbons (Fsp3) is 0.290. The van der Waals surface area contributed by atoms with Crippen LogP contribution in [-0.2, 0) is 28.3 Å². The summed E-state index contributed by atoms with van der Waals surface area (Å²) in [5, 5.41) is 20.8. The average molecular weight is 1540 g/mol. The first-order valence-corrected chi connectivity index (χ1v) is 42.1. The minimum atomic E-state index is -3.56. The van der Waals surface area contributed by atoms with E-state index < -0.39 is 42.4 Å². The van der Waals surface area contributed by atoms with Gasteiger partial charge in [-0.15, -0.1) is 0 Å². The number of nitrogens with two attached hydrogens (primary N) is 1. The summed E-state index contributed by atoms with van der Waals surface area (Å²) in [7, 11) is -4.40. The summed E-state index contributed by atoms with van der Waals surface area (Å²) >= 11 is 18.9. The fourth-order valence-corrected chi connectivity index (χ4v) is 16.8. The van der Waals surface area contributed by atoms with Crippen LogP contribution in [0.5, 0.6) is 17.2 Å². The number of primary amides is 1. The maximum Gasteiger partial charge on any atom is 0.250 e. The highest BCUT2D eigenvalue weighted by Crippen LogP contribution is 2.48. The molecule has 2 saturated heterocycles. The predicted molar refractivity (Wildman–Crippen MR) is 415 cm³/mol. The highest BCUT2D eigenvalue weighted by Gasteiger charge is 2.33. The van der Waals surface area contributed by atoms with Crippen LogP contribution in [0.1, 0.15) is 31.1 Å². The molecule has 8 N–H and O–H groups in total. The lowest BCUT2D eigenvalue weighted by atomic mass is 10.1. The lowest BCUT2D eigenvalue weighted by Crippen LogP contribution is -2.44. The number of nitrogens with zero attached hydrogens (tertiary/aromatic N) is 10. The number of carbonyl (C=O) groups excluding carboxylic acids is 2. The molecule has 34 heteroatoms. The number of hydrogen-bond acceptors (Lipinski definition) is 25. The summed E-state index contributed by atoms with van der Waals surface area (Å²) in [6.07, 6.45) is 8.42. The van der Waals surface area contributed by atoms with Crippen LogP contribution >= 0.6 is 56.2 Å². The van der Waals surface area contributed by atoms with Crippen molar-refractivity contribution in [1.29, 1.82) is 0 Å². The molecule has 27 nitrogen and oxygen atoms in total. The molecule has 544 valence electrons.